The minimum Gasteiger partial charge on any atom is -0.273 e. The second-order valence-electron chi connectivity index (χ2n) is 2.83. The van der Waals surface area contributed by atoms with Gasteiger partial charge in [-0.1, -0.05) is 26.2 Å². The van der Waals surface area contributed by atoms with E-state index in [4.69, 9.17) is 0 Å². The lowest BCUT2D eigenvalue weighted by Gasteiger charge is -1.99. The number of aromatic nitrogens is 2. The van der Waals surface area contributed by atoms with Gasteiger partial charge in [0.1, 0.15) is 0 Å². The maximum atomic E-state index is 4.13. The molecule has 1 aromatic rings. The third-order valence-corrected chi connectivity index (χ3v) is 1.80. The van der Waals surface area contributed by atoms with E-state index in [2.05, 4.69) is 12.0 Å². The van der Waals surface area contributed by atoms with Crippen molar-refractivity contribution in [2.45, 2.75) is 39.2 Å². The van der Waals surface area contributed by atoms with E-state index in [1.54, 1.807) is 0 Å². The van der Waals surface area contributed by atoms with Crippen LogP contribution in [0, 0.1) is 0 Å². The van der Waals surface area contributed by atoms with Gasteiger partial charge in [0.15, 0.2) is 0 Å². The van der Waals surface area contributed by atoms with Crippen molar-refractivity contribution in [2.75, 3.05) is 0 Å². The van der Waals surface area contributed by atoms with Gasteiger partial charge < -0.3 is 0 Å². The Morgan fingerprint density at radius 2 is 2.08 bits per heavy atom. The zero-order valence-corrected chi connectivity index (χ0v) is 9.28. The first-order chi connectivity index (χ1) is 5.43. The molecule has 12 heavy (non-hydrogen) atoms. The van der Waals surface area contributed by atoms with Crippen molar-refractivity contribution in [2.24, 2.45) is 0 Å². The number of rotatable bonds is 5. The smallest absolute Gasteiger partial charge is 0.0489 e. The SMILES string of the molecule is Br.CCCCCCn1cccn1. The Labute approximate surface area is 84.7 Å². The molecule has 3 heteroatoms. The molecule has 0 radical (unpaired) electrons. The van der Waals surface area contributed by atoms with Crippen LogP contribution in [0.2, 0.25) is 0 Å². The third kappa shape index (κ3) is 4.54. The number of hydrogen-bond donors (Lipinski definition) is 0. The first-order valence-electron chi connectivity index (χ1n) is 4.41. The molecular formula is C9H17BrN2. The van der Waals surface area contributed by atoms with E-state index in [1.165, 1.54) is 25.7 Å². The second-order valence-corrected chi connectivity index (χ2v) is 2.83. The van der Waals surface area contributed by atoms with Gasteiger partial charge in [0.05, 0.1) is 0 Å². The molecule has 0 saturated carbocycles. The summed E-state index contributed by atoms with van der Waals surface area (Å²) in [7, 11) is 0. The topological polar surface area (TPSA) is 17.8 Å². The fourth-order valence-electron chi connectivity index (χ4n) is 1.13. The van der Waals surface area contributed by atoms with Gasteiger partial charge in [0, 0.05) is 18.9 Å². The summed E-state index contributed by atoms with van der Waals surface area (Å²) < 4.78 is 2.00. The van der Waals surface area contributed by atoms with Gasteiger partial charge in [0.25, 0.3) is 0 Å². The summed E-state index contributed by atoms with van der Waals surface area (Å²) in [5.74, 6) is 0. The lowest BCUT2D eigenvalue weighted by molar-refractivity contribution is 0.541. The fraction of sp³-hybridized carbons (Fsp3) is 0.667. The minimum atomic E-state index is 0. The van der Waals surface area contributed by atoms with Crippen LogP contribution in [0.25, 0.3) is 0 Å². The largest absolute Gasteiger partial charge is 0.273 e. The second kappa shape index (κ2) is 7.35. The molecule has 0 aliphatic carbocycles. The van der Waals surface area contributed by atoms with E-state index >= 15 is 0 Å². The Morgan fingerprint density at radius 1 is 1.25 bits per heavy atom. The molecule has 0 fully saturated rings. The Kier molecular flexibility index (Phi) is 7.16. The van der Waals surface area contributed by atoms with Crippen LogP contribution in [0.4, 0.5) is 0 Å². The molecule has 0 amide bonds. The molecule has 0 unspecified atom stereocenters. The van der Waals surface area contributed by atoms with Crippen molar-refractivity contribution in [3.63, 3.8) is 0 Å². The number of halogens is 1. The van der Waals surface area contributed by atoms with Crippen molar-refractivity contribution >= 4 is 17.0 Å². The summed E-state index contributed by atoms with van der Waals surface area (Å²) in [6, 6.07) is 1.97. The highest BCUT2D eigenvalue weighted by Gasteiger charge is 1.89. The molecule has 0 N–H and O–H groups in total. The van der Waals surface area contributed by atoms with Gasteiger partial charge in [0.2, 0.25) is 0 Å². The molecule has 1 heterocycles. The van der Waals surface area contributed by atoms with Crippen molar-refractivity contribution in [3.05, 3.63) is 18.5 Å². The fourth-order valence-corrected chi connectivity index (χ4v) is 1.13. The summed E-state index contributed by atoms with van der Waals surface area (Å²) in [5.41, 5.74) is 0. The van der Waals surface area contributed by atoms with E-state index in [9.17, 15) is 0 Å². The number of nitrogens with zero attached hydrogens (tertiary/aromatic N) is 2. The molecule has 0 atom stereocenters. The van der Waals surface area contributed by atoms with Crippen molar-refractivity contribution in [1.82, 2.24) is 9.78 Å². The van der Waals surface area contributed by atoms with Crippen LogP contribution in [-0.4, -0.2) is 9.78 Å². The molecule has 0 aromatic carbocycles. The van der Waals surface area contributed by atoms with Crippen LogP contribution >= 0.6 is 17.0 Å². The highest BCUT2D eigenvalue weighted by atomic mass is 79.9. The summed E-state index contributed by atoms with van der Waals surface area (Å²) in [5, 5.41) is 4.13. The molecular weight excluding hydrogens is 216 g/mol. The quantitative estimate of drug-likeness (QED) is 0.714. The number of hydrogen-bond acceptors (Lipinski definition) is 1. The minimum absolute atomic E-state index is 0. The van der Waals surface area contributed by atoms with E-state index in [-0.39, 0.29) is 17.0 Å². The average molecular weight is 233 g/mol. The highest BCUT2D eigenvalue weighted by Crippen LogP contribution is 2.00. The lowest BCUT2D eigenvalue weighted by Crippen LogP contribution is -1.97. The zero-order chi connectivity index (χ0) is 7.94. The standard InChI is InChI=1S/C9H16N2.BrH/c1-2-3-4-5-8-11-9-6-7-10-11;/h6-7,9H,2-5,8H2,1H3;1H. The Bertz CT molecular complexity index is 173. The molecule has 0 aliphatic rings. The van der Waals surface area contributed by atoms with Crippen LogP contribution in [0.5, 0.6) is 0 Å². The van der Waals surface area contributed by atoms with Gasteiger partial charge in [-0.05, 0) is 12.5 Å². The zero-order valence-electron chi connectivity index (χ0n) is 7.57. The lowest BCUT2D eigenvalue weighted by atomic mass is 10.2. The molecule has 70 valence electrons. The van der Waals surface area contributed by atoms with Crippen molar-refractivity contribution < 1.29 is 0 Å². The Balaban J connectivity index is 0.00000121. The molecule has 1 rings (SSSR count). The van der Waals surface area contributed by atoms with E-state index in [0.29, 0.717) is 0 Å². The predicted octanol–water partition coefficient (Wildman–Crippen LogP) is 3.04. The highest BCUT2D eigenvalue weighted by molar-refractivity contribution is 8.93. The van der Waals surface area contributed by atoms with E-state index < -0.39 is 0 Å². The van der Waals surface area contributed by atoms with Gasteiger partial charge in [-0.15, -0.1) is 17.0 Å². The summed E-state index contributed by atoms with van der Waals surface area (Å²) in [4.78, 5) is 0. The summed E-state index contributed by atoms with van der Waals surface area (Å²) in [6.07, 6.45) is 9.10. The van der Waals surface area contributed by atoms with Crippen LogP contribution in [0.15, 0.2) is 18.5 Å². The van der Waals surface area contributed by atoms with Crippen molar-refractivity contribution in [3.8, 4) is 0 Å². The van der Waals surface area contributed by atoms with Crippen molar-refractivity contribution in [1.29, 1.82) is 0 Å². The Hall–Kier alpha value is -0.310. The maximum Gasteiger partial charge on any atom is 0.0489 e. The number of aryl methyl sites for hydroxylation is 1. The van der Waals surface area contributed by atoms with Crippen LogP contribution < -0.4 is 0 Å². The van der Waals surface area contributed by atoms with Gasteiger partial charge in [-0.2, -0.15) is 5.10 Å². The molecule has 0 aliphatic heterocycles. The van der Waals surface area contributed by atoms with Crippen LogP contribution in [0.1, 0.15) is 32.6 Å². The number of unbranched alkanes of at least 4 members (excludes halogenated alkanes) is 3. The summed E-state index contributed by atoms with van der Waals surface area (Å²) >= 11 is 0. The molecule has 1 aromatic heterocycles. The van der Waals surface area contributed by atoms with E-state index in [0.717, 1.165) is 6.54 Å². The first-order valence-corrected chi connectivity index (χ1v) is 4.41. The molecule has 0 saturated heterocycles. The van der Waals surface area contributed by atoms with Crippen LogP contribution in [-0.2, 0) is 6.54 Å². The first kappa shape index (κ1) is 11.7. The van der Waals surface area contributed by atoms with Gasteiger partial charge >= 0.3 is 0 Å². The third-order valence-electron chi connectivity index (χ3n) is 1.80. The predicted molar refractivity (Wildman–Crippen MR) is 56.7 cm³/mol. The summed E-state index contributed by atoms with van der Waals surface area (Å²) in [6.45, 7) is 3.31. The van der Waals surface area contributed by atoms with E-state index in [1.807, 2.05) is 23.1 Å². The molecule has 0 spiro atoms. The average Bonchev–Trinajstić information content (AvgIpc) is 2.50. The molecule has 0 bridgehead atoms. The maximum absolute atomic E-state index is 4.13. The van der Waals surface area contributed by atoms with Gasteiger partial charge in [-0.3, -0.25) is 4.68 Å². The molecule has 2 nitrogen and oxygen atoms in total. The normalized spacial score (nSPS) is 9.42. The monoisotopic (exact) mass is 232 g/mol. The van der Waals surface area contributed by atoms with Gasteiger partial charge in [-0.25, -0.2) is 0 Å². The Morgan fingerprint density at radius 3 is 2.67 bits per heavy atom. The van der Waals surface area contributed by atoms with Crippen LogP contribution in [0.3, 0.4) is 0 Å².